The second-order valence-electron chi connectivity index (χ2n) is 6.20. The fourth-order valence-electron chi connectivity index (χ4n) is 2.70. The van der Waals surface area contributed by atoms with Crippen molar-refractivity contribution in [1.82, 2.24) is 0 Å². The molecule has 0 aliphatic heterocycles. The topological polar surface area (TPSA) is 106 Å². The fourth-order valence-corrected chi connectivity index (χ4v) is 3.97. The molecular formula is C20H15ClN2O5S. The fraction of sp³-hybridized carbons (Fsp3) is 0.0500. The molecule has 0 radical (unpaired) electrons. The van der Waals surface area contributed by atoms with Gasteiger partial charge < -0.3 is 0 Å². The van der Waals surface area contributed by atoms with Gasteiger partial charge in [-0.15, -0.1) is 0 Å². The first-order valence-electron chi connectivity index (χ1n) is 8.36. The van der Waals surface area contributed by atoms with Crippen molar-refractivity contribution in [3.8, 4) is 0 Å². The molecule has 0 saturated heterocycles. The van der Waals surface area contributed by atoms with E-state index in [2.05, 4.69) is 4.72 Å². The molecule has 148 valence electrons. The molecule has 0 bridgehead atoms. The molecule has 0 atom stereocenters. The van der Waals surface area contributed by atoms with Crippen LogP contribution in [0.15, 0.2) is 71.6 Å². The molecule has 0 aliphatic rings. The molecule has 0 heterocycles. The number of benzene rings is 3. The lowest BCUT2D eigenvalue weighted by Crippen LogP contribution is -2.16. The first-order valence-corrected chi connectivity index (χ1v) is 10.2. The molecule has 0 aromatic heterocycles. The minimum atomic E-state index is -4.19. The van der Waals surface area contributed by atoms with Crippen LogP contribution in [-0.2, 0) is 10.0 Å². The predicted octanol–water partition coefficient (Wildman–Crippen LogP) is 4.59. The summed E-state index contributed by atoms with van der Waals surface area (Å²) >= 11 is 6.01. The molecule has 7 nitrogen and oxygen atoms in total. The zero-order valence-corrected chi connectivity index (χ0v) is 16.7. The molecule has 0 aliphatic carbocycles. The van der Waals surface area contributed by atoms with E-state index in [1.165, 1.54) is 37.3 Å². The molecule has 29 heavy (non-hydrogen) atoms. The number of carbonyl (C=O) groups excluding carboxylic acids is 1. The smallest absolute Gasteiger partial charge is 0.273 e. The number of hydrogen-bond donors (Lipinski definition) is 1. The lowest BCUT2D eigenvalue weighted by Gasteiger charge is -2.13. The maximum absolute atomic E-state index is 12.8. The Labute approximate surface area is 172 Å². The van der Waals surface area contributed by atoms with Crippen LogP contribution in [0.4, 0.5) is 11.4 Å². The highest BCUT2D eigenvalue weighted by atomic mass is 35.5. The summed E-state index contributed by atoms with van der Waals surface area (Å²) in [5.41, 5.74) is 0.464. The minimum Gasteiger partial charge on any atom is -0.289 e. The van der Waals surface area contributed by atoms with Crippen LogP contribution in [0.2, 0.25) is 5.02 Å². The first kappa shape index (κ1) is 20.5. The summed E-state index contributed by atoms with van der Waals surface area (Å²) in [6.07, 6.45) is 0. The second kappa shape index (κ2) is 8.02. The van der Waals surface area contributed by atoms with E-state index < -0.39 is 20.7 Å². The molecule has 0 spiro atoms. The standard InChI is InChI=1S/C20H15ClN2O5S/c1-13-7-9-16(12-19(13)23(25)26)29(27,28)22-18-10-8-15(21)11-17(18)20(24)14-5-3-2-4-6-14/h2-12,22H,1H3. The molecule has 3 rings (SSSR count). The first-order chi connectivity index (χ1) is 13.7. The number of ketones is 1. The maximum Gasteiger partial charge on any atom is 0.273 e. The summed E-state index contributed by atoms with van der Waals surface area (Å²) in [5, 5.41) is 11.4. The molecular weight excluding hydrogens is 416 g/mol. The van der Waals surface area contributed by atoms with Crippen molar-refractivity contribution < 1.29 is 18.1 Å². The van der Waals surface area contributed by atoms with Crippen LogP contribution in [0.3, 0.4) is 0 Å². The molecule has 0 fully saturated rings. The van der Waals surface area contributed by atoms with Gasteiger partial charge in [0.05, 0.1) is 15.5 Å². The van der Waals surface area contributed by atoms with Crippen LogP contribution < -0.4 is 4.72 Å². The summed E-state index contributed by atoms with van der Waals surface area (Å²) < 4.78 is 27.9. The number of sulfonamides is 1. The number of nitro benzene ring substituents is 1. The zero-order valence-electron chi connectivity index (χ0n) is 15.1. The van der Waals surface area contributed by atoms with Crippen LogP contribution in [0.25, 0.3) is 0 Å². The third-order valence-corrected chi connectivity index (χ3v) is 5.79. The van der Waals surface area contributed by atoms with Gasteiger partial charge in [-0.1, -0.05) is 48.0 Å². The van der Waals surface area contributed by atoms with Gasteiger partial charge in [0.15, 0.2) is 5.78 Å². The third-order valence-electron chi connectivity index (χ3n) is 4.19. The number of rotatable bonds is 6. The van der Waals surface area contributed by atoms with Crippen molar-refractivity contribution in [3.05, 3.63) is 98.6 Å². The number of aryl methyl sites for hydroxylation is 1. The monoisotopic (exact) mass is 430 g/mol. The highest BCUT2D eigenvalue weighted by Gasteiger charge is 2.23. The van der Waals surface area contributed by atoms with Gasteiger partial charge in [-0.2, -0.15) is 0 Å². The Kier molecular flexibility index (Phi) is 5.67. The van der Waals surface area contributed by atoms with Crippen LogP contribution in [0, 0.1) is 17.0 Å². The summed E-state index contributed by atoms with van der Waals surface area (Å²) in [5.74, 6) is -0.416. The Balaban J connectivity index is 2.03. The van der Waals surface area contributed by atoms with Crippen LogP contribution >= 0.6 is 11.6 Å². The molecule has 0 unspecified atom stereocenters. The second-order valence-corrected chi connectivity index (χ2v) is 8.31. The number of halogens is 1. The van der Waals surface area contributed by atoms with Gasteiger partial charge in [-0.3, -0.25) is 19.6 Å². The highest BCUT2D eigenvalue weighted by Crippen LogP contribution is 2.28. The lowest BCUT2D eigenvalue weighted by molar-refractivity contribution is -0.385. The van der Waals surface area contributed by atoms with E-state index in [-0.39, 0.29) is 26.9 Å². The van der Waals surface area contributed by atoms with Crippen molar-refractivity contribution in [2.75, 3.05) is 4.72 Å². The van der Waals surface area contributed by atoms with E-state index in [9.17, 15) is 23.3 Å². The van der Waals surface area contributed by atoms with Crippen molar-refractivity contribution in [2.24, 2.45) is 0 Å². The van der Waals surface area contributed by atoms with Crippen molar-refractivity contribution in [2.45, 2.75) is 11.8 Å². The number of carbonyl (C=O) groups is 1. The summed E-state index contributed by atoms with van der Waals surface area (Å²) in [7, 11) is -4.19. The molecule has 3 aromatic rings. The SMILES string of the molecule is Cc1ccc(S(=O)(=O)Nc2ccc(Cl)cc2C(=O)c2ccccc2)cc1[N+](=O)[O-]. The number of hydrogen-bond acceptors (Lipinski definition) is 5. The van der Waals surface area contributed by atoms with Crippen LogP contribution in [0.5, 0.6) is 0 Å². The van der Waals surface area contributed by atoms with Gasteiger partial charge in [0.25, 0.3) is 15.7 Å². The normalized spacial score (nSPS) is 11.1. The lowest BCUT2D eigenvalue weighted by atomic mass is 10.0. The predicted molar refractivity (Wildman–Crippen MR) is 110 cm³/mol. The Morgan fingerprint density at radius 3 is 2.38 bits per heavy atom. The van der Waals surface area contributed by atoms with Gasteiger partial charge in [-0.05, 0) is 31.2 Å². The van der Waals surface area contributed by atoms with Gasteiger partial charge >= 0.3 is 0 Å². The summed E-state index contributed by atoms with van der Waals surface area (Å²) in [6, 6.07) is 16.1. The van der Waals surface area contributed by atoms with Crippen LogP contribution in [-0.4, -0.2) is 19.1 Å². The minimum absolute atomic E-state index is 0.0199. The largest absolute Gasteiger partial charge is 0.289 e. The molecule has 1 N–H and O–H groups in total. The number of nitro groups is 1. The number of nitrogens with one attached hydrogen (secondary N) is 1. The summed E-state index contributed by atoms with van der Waals surface area (Å²) in [4.78, 5) is 23.0. The van der Waals surface area contributed by atoms with Crippen molar-refractivity contribution >= 4 is 38.8 Å². The Morgan fingerprint density at radius 1 is 1.03 bits per heavy atom. The maximum atomic E-state index is 12.8. The quantitative estimate of drug-likeness (QED) is 0.349. The van der Waals surface area contributed by atoms with Gasteiger partial charge in [-0.25, -0.2) is 8.42 Å². The van der Waals surface area contributed by atoms with E-state index in [1.807, 2.05) is 0 Å². The molecule has 3 aromatic carbocycles. The van der Waals surface area contributed by atoms with E-state index >= 15 is 0 Å². The average Bonchev–Trinajstić information content (AvgIpc) is 2.69. The van der Waals surface area contributed by atoms with Gasteiger partial charge in [0.1, 0.15) is 0 Å². The van der Waals surface area contributed by atoms with Crippen molar-refractivity contribution in [3.63, 3.8) is 0 Å². The number of nitrogens with zero attached hydrogens (tertiary/aromatic N) is 1. The Morgan fingerprint density at radius 2 is 1.72 bits per heavy atom. The van der Waals surface area contributed by atoms with Gasteiger partial charge in [0.2, 0.25) is 0 Å². The van der Waals surface area contributed by atoms with E-state index in [1.54, 1.807) is 30.3 Å². The molecule has 9 heteroatoms. The highest BCUT2D eigenvalue weighted by molar-refractivity contribution is 7.92. The van der Waals surface area contributed by atoms with Crippen LogP contribution in [0.1, 0.15) is 21.5 Å². The summed E-state index contributed by atoms with van der Waals surface area (Å²) in [6.45, 7) is 1.51. The van der Waals surface area contributed by atoms with E-state index in [0.29, 0.717) is 11.1 Å². The average molecular weight is 431 g/mol. The zero-order chi connectivity index (χ0) is 21.2. The molecule has 0 amide bonds. The Bertz CT molecular complexity index is 1210. The van der Waals surface area contributed by atoms with E-state index in [0.717, 1.165) is 6.07 Å². The molecule has 0 saturated carbocycles. The number of anilines is 1. The van der Waals surface area contributed by atoms with Gasteiger partial charge in [0, 0.05) is 27.8 Å². The third kappa shape index (κ3) is 4.44. The van der Waals surface area contributed by atoms with E-state index in [4.69, 9.17) is 11.6 Å². The Hall–Kier alpha value is -3.23. The van der Waals surface area contributed by atoms with Crippen molar-refractivity contribution in [1.29, 1.82) is 0 Å².